The number of aromatic nitrogens is 4. The molecule has 8 heteroatoms. The van der Waals surface area contributed by atoms with Gasteiger partial charge in [-0.05, 0) is 42.3 Å². The summed E-state index contributed by atoms with van der Waals surface area (Å²) in [5, 5.41) is 20.4. The molecule has 1 aromatic heterocycles. The summed E-state index contributed by atoms with van der Waals surface area (Å²) in [6.45, 7) is 4.95. The van der Waals surface area contributed by atoms with Crippen LogP contribution in [0.1, 0.15) is 12.8 Å². The van der Waals surface area contributed by atoms with Gasteiger partial charge in [-0.1, -0.05) is 0 Å². The Hall–Kier alpha value is -1.54. The van der Waals surface area contributed by atoms with Crippen molar-refractivity contribution in [1.29, 1.82) is 0 Å². The van der Waals surface area contributed by atoms with E-state index in [1.165, 1.54) is 23.9 Å². The Morgan fingerprint density at radius 2 is 2.00 bits per heavy atom. The standard InChI is InChI=1S/C13H22N6O2/c20-9-12-7-18(13(21)8-19-10-14-15-16-19)6-11(12)5-17-3-1-2-4-17/h10-12,20H,1-9H2/t11-,12-/m1/s1. The molecule has 2 aliphatic rings. The molecular formula is C13H22N6O2. The Kier molecular flexibility index (Phi) is 4.45. The highest BCUT2D eigenvalue weighted by Gasteiger charge is 2.36. The van der Waals surface area contributed by atoms with E-state index in [4.69, 9.17) is 0 Å². The number of likely N-dealkylation sites (tertiary alicyclic amines) is 2. The van der Waals surface area contributed by atoms with E-state index in [1.54, 1.807) is 0 Å². The fourth-order valence-electron chi connectivity index (χ4n) is 3.34. The van der Waals surface area contributed by atoms with E-state index in [0.717, 1.165) is 26.2 Å². The number of carbonyl (C=O) groups excluding carboxylic acids is 1. The van der Waals surface area contributed by atoms with E-state index >= 15 is 0 Å². The molecule has 0 saturated carbocycles. The number of aliphatic hydroxyl groups excluding tert-OH is 1. The van der Waals surface area contributed by atoms with E-state index in [2.05, 4.69) is 20.4 Å². The Labute approximate surface area is 123 Å². The predicted molar refractivity (Wildman–Crippen MR) is 74.1 cm³/mol. The van der Waals surface area contributed by atoms with Crippen molar-refractivity contribution in [3.8, 4) is 0 Å². The van der Waals surface area contributed by atoms with Crippen LogP contribution in [0, 0.1) is 11.8 Å². The van der Waals surface area contributed by atoms with E-state index < -0.39 is 0 Å². The molecule has 0 bridgehead atoms. The number of rotatable bonds is 5. The number of carbonyl (C=O) groups is 1. The van der Waals surface area contributed by atoms with Gasteiger partial charge in [0.1, 0.15) is 12.9 Å². The maximum atomic E-state index is 12.3. The number of tetrazole rings is 1. The van der Waals surface area contributed by atoms with Gasteiger partial charge in [0, 0.05) is 32.2 Å². The summed E-state index contributed by atoms with van der Waals surface area (Å²) in [5.74, 6) is 0.569. The molecule has 2 atom stereocenters. The van der Waals surface area contributed by atoms with Crippen LogP contribution in [0.4, 0.5) is 0 Å². The zero-order valence-electron chi connectivity index (χ0n) is 12.1. The van der Waals surface area contributed by atoms with Crippen LogP contribution in [0.3, 0.4) is 0 Å². The second kappa shape index (κ2) is 6.48. The molecule has 3 heterocycles. The first-order valence-electron chi connectivity index (χ1n) is 7.58. The predicted octanol–water partition coefficient (Wildman–Crippen LogP) is -1.16. The third-order valence-electron chi connectivity index (χ3n) is 4.54. The zero-order valence-corrected chi connectivity index (χ0v) is 12.1. The van der Waals surface area contributed by atoms with E-state index in [-0.39, 0.29) is 25.0 Å². The first-order chi connectivity index (χ1) is 10.3. The maximum absolute atomic E-state index is 12.3. The molecule has 0 aromatic carbocycles. The number of hydrogen-bond acceptors (Lipinski definition) is 6. The first-order valence-corrected chi connectivity index (χ1v) is 7.58. The van der Waals surface area contributed by atoms with Gasteiger partial charge < -0.3 is 14.9 Å². The molecule has 0 spiro atoms. The third kappa shape index (κ3) is 3.38. The lowest BCUT2D eigenvalue weighted by Gasteiger charge is -2.22. The Morgan fingerprint density at radius 1 is 1.24 bits per heavy atom. The molecule has 2 aliphatic heterocycles. The Bertz CT molecular complexity index is 459. The smallest absolute Gasteiger partial charge is 0.244 e. The van der Waals surface area contributed by atoms with Gasteiger partial charge in [0.05, 0.1) is 0 Å². The van der Waals surface area contributed by atoms with E-state index in [1.807, 2.05) is 4.90 Å². The van der Waals surface area contributed by atoms with Gasteiger partial charge in [0.25, 0.3) is 0 Å². The summed E-state index contributed by atoms with van der Waals surface area (Å²) < 4.78 is 1.43. The van der Waals surface area contributed by atoms with Crippen LogP contribution in [-0.4, -0.2) is 80.4 Å². The summed E-state index contributed by atoms with van der Waals surface area (Å²) >= 11 is 0. The van der Waals surface area contributed by atoms with Crippen molar-refractivity contribution in [2.75, 3.05) is 39.3 Å². The lowest BCUT2D eigenvalue weighted by Crippen LogP contribution is -2.34. The molecule has 0 aliphatic carbocycles. The van der Waals surface area contributed by atoms with Crippen molar-refractivity contribution in [3.05, 3.63) is 6.33 Å². The lowest BCUT2D eigenvalue weighted by molar-refractivity contribution is -0.131. The summed E-state index contributed by atoms with van der Waals surface area (Å²) in [5.41, 5.74) is 0. The molecular weight excluding hydrogens is 272 g/mol. The molecule has 2 fully saturated rings. The SMILES string of the molecule is O=C(Cn1cnnn1)N1C[C@@H](CN2CCCC2)[C@@H](CO)C1. The van der Waals surface area contributed by atoms with Gasteiger partial charge in [0.2, 0.25) is 5.91 Å². The highest BCUT2D eigenvalue weighted by Crippen LogP contribution is 2.25. The second-order valence-electron chi connectivity index (χ2n) is 6.02. The molecule has 1 amide bonds. The molecule has 8 nitrogen and oxygen atoms in total. The molecule has 1 N–H and O–H groups in total. The van der Waals surface area contributed by atoms with Gasteiger partial charge in [-0.15, -0.1) is 5.10 Å². The van der Waals surface area contributed by atoms with Crippen molar-refractivity contribution in [1.82, 2.24) is 30.0 Å². The molecule has 3 rings (SSSR count). The number of nitrogens with zero attached hydrogens (tertiary/aromatic N) is 6. The first kappa shape index (κ1) is 14.4. The van der Waals surface area contributed by atoms with Crippen LogP contribution in [0.15, 0.2) is 6.33 Å². The van der Waals surface area contributed by atoms with Crippen LogP contribution in [0.5, 0.6) is 0 Å². The van der Waals surface area contributed by atoms with Gasteiger partial charge in [0.15, 0.2) is 0 Å². The molecule has 2 saturated heterocycles. The number of amides is 1. The van der Waals surface area contributed by atoms with Crippen molar-refractivity contribution in [3.63, 3.8) is 0 Å². The monoisotopic (exact) mass is 294 g/mol. The van der Waals surface area contributed by atoms with Crippen molar-refractivity contribution < 1.29 is 9.90 Å². The molecule has 116 valence electrons. The molecule has 1 aromatic rings. The fraction of sp³-hybridized carbons (Fsp3) is 0.846. The summed E-state index contributed by atoms with van der Waals surface area (Å²) in [7, 11) is 0. The minimum atomic E-state index is 0.0182. The van der Waals surface area contributed by atoms with Crippen LogP contribution >= 0.6 is 0 Å². The Morgan fingerprint density at radius 3 is 2.67 bits per heavy atom. The minimum Gasteiger partial charge on any atom is -0.396 e. The zero-order chi connectivity index (χ0) is 14.7. The lowest BCUT2D eigenvalue weighted by atomic mass is 9.96. The van der Waals surface area contributed by atoms with Crippen molar-refractivity contribution >= 4 is 5.91 Å². The van der Waals surface area contributed by atoms with Crippen molar-refractivity contribution in [2.45, 2.75) is 19.4 Å². The van der Waals surface area contributed by atoms with Crippen LogP contribution in [-0.2, 0) is 11.3 Å². The maximum Gasteiger partial charge on any atom is 0.244 e. The molecule has 0 unspecified atom stereocenters. The normalized spacial score (nSPS) is 26.6. The highest BCUT2D eigenvalue weighted by atomic mass is 16.3. The van der Waals surface area contributed by atoms with Crippen LogP contribution in [0.2, 0.25) is 0 Å². The summed E-state index contributed by atoms with van der Waals surface area (Å²) in [6, 6.07) is 0. The average molecular weight is 294 g/mol. The topological polar surface area (TPSA) is 87.4 Å². The summed E-state index contributed by atoms with van der Waals surface area (Å²) in [6.07, 6.45) is 3.97. The van der Waals surface area contributed by atoms with Gasteiger partial charge in [-0.25, -0.2) is 4.68 Å². The quantitative estimate of drug-likeness (QED) is 0.737. The minimum absolute atomic E-state index is 0.0182. The van der Waals surface area contributed by atoms with E-state index in [9.17, 15) is 9.90 Å². The fourth-order valence-corrected chi connectivity index (χ4v) is 3.34. The Balaban J connectivity index is 1.56. The van der Waals surface area contributed by atoms with Gasteiger partial charge in [-0.3, -0.25) is 4.79 Å². The van der Waals surface area contributed by atoms with Gasteiger partial charge >= 0.3 is 0 Å². The molecule has 0 radical (unpaired) electrons. The largest absolute Gasteiger partial charge is 0.396 e. The number of hydrogen-bond donors (Lipinski definition) is 1. The van der Waals surface area contributed by atoms with Crippen LogP contribution < -0.4 is 0 Å². The number of aliphatic hydroxyl groups is 1. The second-order valence-corrected chi connectivity index (χ2v) is 6.02. The van der Waals surface area contributed by atoms with E-state index in [0.29, 0.717) is 12.5 Å². The highest BCUT2D eigenvalue weighted by molar-refractivity contribution is 5.76. The van der Waals surface area contributed by atoms with Crippen LogP contribution in [0.25, 0.3) is 0 Å². The van der Waals surface area contributed by atoms with Gasteiger partial charge in [-0.2, -0.15) is 0 Å². The average Bonchev–Trinajstić information content (AvgIpc) is 3.20. The molecule has 21 heavy (non-hydrogen) atoms. The summed E-state index contributed by atoms with van der Waals surface area (Å²) in [4.78, 5) is 16.6. The van der Waals surface area contributed by atoms with Crippen molar-refractivity contribution in [2.24, 2.45) is 11.8 Å². The third-order valence-corrected chi connectivity index (χ3v) is 4.54.